The first-order chi connectivity index (χ1) is 12.4. The number of ketones is 1. The number of hydrogen-bond donors (Lipinski definition) is 0. The number of methoxy groups -OCH3 is 1. The van der Waals surface area contributed by atoms with Crippen molar-refractivity contribution in [3.05, 3.63) is 50.7 Å². The Hall–Kier alpha value is -2.07. The summed E-state index contributed by atoms with van der Waals surface area (Å²) in [4.78, 5) is 17.2. The molecule has 0 bridgehead atoms. The minimum atomic E-state index is 0.118. The lowest BCUT2D eigenvalue weighted by Gasteiger charge is -2.14. The van der Waals surface area contributed by atoms with Crippen molar-refractivity contribution in [3.63, 3.8) is 0 Å². The first-order valence-electron chi connectivity index (χ1n) is 9.12. The van der Waals surface area contributed by atoms with Crippen LogP contribution in [-0.4, -0.2) is 27.0 Å². The van der Waals surface area contributed by atoms with Crippen LogP contribution in [0.15, 0.2) is 24.3 Å². The lowest BCUT2D eigenvalue weighted by Crippen LogP contribution is -2.08. The molecule has 1 aromatic heterocycles. The zero-order valence-electron chi connectivity index (χ0n) is 16.0. The fourth-order valence-corrected chi connectivity index (χ4v) is 5.53. The van der Waals surface area contributed by atoms with E-state index in [1.807, 2.05) is 43.3 Å². The van der Waals surface area contributed by atoms with E-state index in [9.17, 15) is 4.79 Å². The Morgan fingerprint density at radius 3 is 2.81 bits per heavy atom. The topological polar surface area (TPSA) is 29.5 Å². The number of nitrogens with zero attached hydrogens (tertiary/aromatic N) is 1. The Bertz CT molecular complexity index is 909. The maximum absolute atomic E-state index is 12.8. The van der Waals surface area contributed by atoms with Gasteiger partial charge in [0.2, 0.25) is 0 Å². The molecule has 0 aliphatic heterocycles. The van der Waals surface area contributed by atoms with Gasteiger partial charge in [0.15, 0.2) is 5.78 Å². The van der Waals surface area contributed by atoms with E-state index in [2.05, 4.69) is 13.8 Å². The van der Waals surface area contributed by atoms with E-state index < -0.39 is 0 Å². The van der Waals surface area contributed by atoms with Crippen molar-refractivity contribution >= 4 is 28.9 Å². The van der Waals surface area contributed by atoms with Crippen molar-refractivity contribution in [2.45, 2.75) is 26.2 Å². The van der Waals surface area contributed by atoms with E-state index in [-0.39, 0.29) is 5.78 Å². The van der Waals surface area contributed by atoms with Gasteiger partial charge >= 0.3 is 0 Å². The molecule has 136 valence electrons. The van der Waals surface area contributed by atoms with Gasteiger partial charge in [-0.15, -0.1) is 11.3 Å². The fraction of sp³-hybridized carbons (Fsp3) is 0.409. The monoisotopic (exact) mass is 367 g/mol. The van der Waals surface area contributed by atoms with E-state index in [4.69, 9.17) is 4.74 Å². The quantitative estimate of drug-likeness (QED) is 0.554. The number of hydrogen-bond acceptors (Lipinski definition) is 4. The van der Waals surface area contributed by atoms with Crippen molar-refractivity contribution in [1.29, 1.82) is 0 Å². The average Bonchev–Trinajstić information content (AvgIpc) is 2.98. The number of fused-ring (bicyclic) bond motifs is 3. The molecule has 26 heavy (non-hydrogen) atoms. The first-order valence-corrected chi connectivity index (χ1v) is 9.94. The molecule has 2 aliphatic carbocycles. The van der Waals surface area contributed by atoms with Gasteiger partial charge < -0.3 is 9.64 Å². The summed E-state index contributed by atoms with van der Waals surface area (Å²) >= 11 is 1.67. The highest BCUT2D eigenvalue weighted by atomic mass is 32.1. The highest BCUT2D eigenvalue weighted by Crippen LogP contribution is 2.63. The van der Waals surface area contributed by atoms with Gasteiger partial charge in [0.1, 0.15) is 5.75 Å². The van der Waals surface area contributed by atoms with Gasteiger partial charge in [0.25, 0.3) is 0 Å². The fourth-order valence-electron chi connectivity index (χ4n) is 4.37. The first kappa shape index (κ1) is 17.3. The maximum Gasteiger partial charge on any atom is 0.196 e. The summed E-state index contributed by atoms with van der Waals surface area (Å²) in [5.41, 5.74) is 4.81. The number of benzene rings is 1. The molecule has 1 unspecified atom stereocenters. The predicted octanol–water partition coefficient (Wildman–Crippen LogP) is 4.93. The molecule has 2 aromatic rings. The molecule has 1 saturated carbocycles. The van der Waals surface area contributed by atoms with Crippen LogP contribution in [0.25, 0.3) is 6.08 Å². The second kappa shape index (κ2) is 6.27. The van der Waals surface area contributed by atoms with Crippen LogP contribution in [-0.2, 0) is 6.42 Å². The number of rotatable bonds is 5. The third kappa shape index (κ3) is 2.67. The standard InChI is InChI=1S/C22H25NO2S/c1-12-16-11-17-21(20(12)16)13(2)26-22(17)18(24)9-7-14-6-8-15(23(3)4)10-19(14)25-5/h6-10,12,16,20H,11H2,1-5H3/b9-7+/t12?,16-,20+/m0/s1. The van der Waals surface area contributed by atoms with Crippen LogP contribution < -0.4 is 9.64 Å². The molecule has 1 fully saturated rings. The van der Waals surface area contributed by atoms with E-state index in [0.29, 0.717) is 5.92 Å². The normalized spacial score (nSPS) is 23.0. The van der Waals surface area contributed by atoms with Crippen LogP contribution in [0.4, 0.5) is 5.69 Å². The van der Waals surface area contributed by atoms with Gasteiger partial charge in [-0.25, -0.2) is 0 Å². The number of anilines is 1. The molecule has 1 heterocycles. The van der Waals surface area contributed by atoms with Gasteiger partial charge in [-0.1, -0.05) is 6.92 Å². The Balaban J connectivity index is 1.59. The second-order valence-electron chi connectivity index (χ2n) is 7.65. The molecule has 1 aromatic carbocycles. The van der Waals surface area contributed by atoms with Crippen molar-refractivity contribution in [3.8, 4) is 5.75 Å². The number of thiophene rings is 1. The van der Waals surface area contributed by atoms with E-state index in [0.717, 1.165) is 40.1 Å². The summed E-state index contributed by atoms with van der Waals surface area (Å²) in [5.74, 6) is 3.19. The molecule has 0 spiro atoms. The Morgan fingerprint density at radius 1 is 1.35 bits per heavy atom. The zero-order valence-corrected chi connectivity index (χ0v) is 16.8. The van der Waals surface area contributed by atoms with Gasteiger partial charge in [-0.3, -0.25) is 4.79 Å². The number of aryl methyl sites for hydroxylation is 1. The molecular weight excluding hydrogens is 342 g/mol. The third-order valence-electron chi connectivity index (χ3n) is 5.94. The highest BCUT2D eigenvalue weighted by Gasteiger charge is 2.54. The number of ether oxygens (including phenoxy) is 1. The number of carbonyl (C=O) groups excluding carboxylic acids is 1. The Morgan fingerprint density at radius 2 is 2.12 bits per heavy atom. The summed E-state index contributed by atoms with van der Waals surface area (Å²) in [6.07, 6.45) is 4.66. The second-order valence-corrected chi connectivity index (χ2v) is 8.88. The molecule has 4 rings (SSSR count). The summed E-state index contributed by atoms with van der Waals surface area (Å²) in [6, 6.07) is 6.03. The number of allylic oxidation sites excluding steroid dienone is 1. The molecule has 0 radical (unpaired) electrons. The van der Waals surface area contributed by atoms with Gasteiger partial charge in [0, 0.05) is 36.3 Å². The van der Waals surface area contributed by atoms with Crippen molar-refractivity contribution in [2.75, 3.05) is 26.1 Å². The van der Waals surface area contributed by atoms with Crippen molar-refractivity contribution in [1.82, 2.24) is 0 Å². The third-order valence-corrected chi connectivity index (χ3v) is 7.12. The van der Waals surface area contributed by atoms with E-state index in [1.165, 1.54) is 16.0 Å². The lowest BCUT2D eigenvalue weighted by atomic mass is 10.0. The molecule has 0 saturated heterocycles. The minimum Gasteiger partial charge on any atom is -0.496 e. The maximum atomic E-state index is 12.8. The predicted molar refractivity (Wildman–Crippen MR) is 109 cm³/mol. The SMILES string of the molecule is COc1cc(N(C)C)ccc1/C=C/C(=O)c1sc(C)c2c1C[C@H]1C(C)[C@@H]21. The van der Waals surface area contributed by atoms with Crippen molar-refractivity contribution in [2.24, 2.45) is 11.8 Å². The molecule has 0 N–H and O–H groups in total. The van der Waals surface area contributed by atoms with Gasteiger partial charge in [0.05, 0.1) is 12.0 Å². The molecular formula is C22H25NO2S. The molecule has 3 nitrogen and oxygen atoms in total. The van der Waals surface area contributed by atoms with Crippen LogP contribution in [0.2, 0.25) is 0 Å². The van der Waals surface area contributed by atoms with Crippen LogP contribution in [0, 0.1) is 18.8 Å². The lowest BCUT2D eigenvalue weighted by molar-refractivity contribution is 0.105. The number of carbonyl (C=O) groups is 1. The summed E-state index contributed by atoms with van der Waals surface area (Å²) in [6.45, 7) is 4.50. The highest BCUT2D eigenvalue weighted by molar-refractivity contribution is 7.14. The molecule has 2 aliphatic rings. The Labute approximate surface area is 159 Å². The van der Waals surface area contributed by atoms with Crippen LogP contribution >= 0.6 is 11.3 Å². The molecule has 4 heteroatoms. The summed E-state index contributed by atoms with van der Waals surface area (Å²) in [7, 11) is 5.66. The molecule has 0 amide bonds. The largest absolute Gasteiger partial charge is 0.496 e. The summed E-state index contributed by atoms with van der Waals surface area (Å²) in [5, 5.41) is 0. The van der Waals surface area contributed by atoms with Crippen LogP contribution in [0.3, 0.4) is 0 Å². The zero-order chi connectivity index (χ0) is 18.6. The average molecular weight is 368 g/mol. The molecule has 3 atom stereocenters. The minimum absolute atomic E-state index is 0.118. The summed E-state index contributed by atoms with van der Waals surface area (Å²) < 4.78 is 5.50. The van der Waals surface area contributed by atoms with Crippen molar-refractivity contribution < 1.29 is 9.53 Å². The van der Waals surface area contributed by atoms with Gasteiger partial charge in [-0.05, 0) is 66.5 Å². The van der Waals surface area contributed by atoms with Crippen LogP contribution in [0.5, 0.6) is 5.75 Å². The van der Waals surface area contributed by atoms with Crippen LogP contribution in [0.1, 0.15) is 44.1 Å². The Kier molecular flexibility index (Phi) is 4.19. The van der Waals surface area contributed by atoms with E-state index >= 15 is 0 Å². The van der Waals surface area contributed by atoms with Gasteiger partial charge in [-0.2, -0.15) is 0 Å². The van der Waals surface area contributed by atoms with E-state index in [1.54, 1.807) is 24.5 Å². The smallest absolute Gasteiger partial charge is 0.196 e.